The Morgan fingerprint density at radius 3 is 2.70 bits per heavy atom. The first kappa shape index (κ1) is 18.3. The van der Waals surface area contributed by atoms with Crippen molar-refractivity contribution in [3.8, 4) is 11.5 Å². The van der Waals surface area contributed by atoms with Gasteiger partial charge >= 0.3 is 0 Å². The second-order valence-electron chi connectivity index (χ2n) is 5.92. The first-order valence-corrected chi connectivity index (χ1v) is 8.52. The fourth-order valence-corrected chi connectivity index (χ4v) is 2.67. The summed E-state index contributed by atoms with van der Waals surface area (Å²) in [7, 11) is 3.21. The van der Waals surface area contributed by atoms with Crippen LogP contribution in [0.1, 0.15) is 11.1 Å². The minimum absolute atomic E-state index is 0.305. The fraction of sp³-hybridized carbons (Fsp3) is 0.200. The van der Waals surface area contributed by atoms with E-state index >= 15 is 0 Å². The molecule has 0 saturated carbocycles. The summed E-state index contributed by atoms with van der Waals surface area (Å²) in [6, 6.07) is 15.6. The van der Waals surface area contributed by atoms with Crippen molar-refractivity contribution in [2.75, 3.05) is 19.5 Å². The van der Waals surface area contributed by atoms with Gasteiger partial charge in [0.25, 0.3) is 0 Å². The summed E-state index contributed by atoms with van der Waals surface area (Å²) in [5, 5.41) is 7.30. The van der Waals surface area contributed by atoms with E-state index in [4.69, 9.17) is 15.2 Å². The quantitative estimate of drug-likeness (QED) is 0.497. The maximum absolute atomic E-state index is 6.04. The molecular weight excluding hydrogens is 342 g/mol. The first-order chi connectivity index (χ1) is 13.2. The van der Waals surface area contributed by atoms with E-state index in [9.17, 15) is 0 Å². The number of hydrogen-bond acceptors (Lipinski definition) is 4. The minimum atomic E-state index is 0.305. The Morgan fingerprint density at radius 2 is 1.96 bits per heavy atom. The van der Waals surface area contributed by atoms with Gasteiger partial charge in [-0.2, -0.15) is 5.10 Å². The molecule has 7 nitrogen and oxygen atoms in total. The van der Waals surface area contributed by atoms with E-state index in [0.717, 1.165) is 17.7 Å². The molecule has 27 heavy (non-hydrogen) atoms. The zero-order chi connectivity index (χ0) is 19.1. The number of anilines is 1. The molecule has 0 aliphatic carbocycles. The number of nitrogens with one attached hydrogen (secondary N) is 1. The lowest BCUT2D eigenvalue weighted by Gasteiger charge is -2.12. The van der Waals surface area contributed by atoms with Gasteiger partial charge in [-0.25, -0.2) is 4.99 Å². The third-order valence-corrected chi connectivity index (χ3v) is 4.00. The van der Waals surface area contributed by atoms with Gasteiger partial charge in [0.05, 0.1) is 33.0 Å². The van der Waals surface area contributed by atoms with Crippen LogP contribution in [0.2, 0.25) is 0 Å². The van der Waals surface area contributed by atoms with Crippen LogP contribution < -0.4 is 20.5 Å². The molecule has 2 aromatic carbocycles. The molecule has 0 saturated heterocycles. The molecule has 0 fully saturated rings. The van der Waals surface area contributed by atoms with Crippen molar-refractivity contribution in [3.05, 3.63) is 72.1 Å². The molecule has 0 spiro atoms. The number of nitrogens with two attached hydrogens (primary N) is 1. The van der Waals surface area contributed by atoms with Crippen LogP contribution in [0.3, 0.4) is 0 Å². The average Bonchev–Trinajstić information content (AvgIpc) is 3.19. The van der Waals surface area contributed by atoms with E-state index in [0.29, 0.717) is 29.7 Å². The molecule has 0 aliphatic heterocycles. The molecule has 7 heteroatoms. The molecular formula is C20H23N5O2. The summed E-state index contributed by atoms with van der Waals surface area (Å²) in [4.78, 5) is 4.42. The lowest BCUT2D eigenvalue weighted by atomic mass is 10.1. The second kappa shape index (κ2) is 8.75. The van der Waals surface area contributed by atoms with Crippen LogP contribution in [-0.4, -0.2) is 30.0 Å². The molecule has 3 aromatic rings. The average molecular weight is 365 g/mol. The Kier molecular flexibility index (Phi) is 5.94. The molecule has 3 N–H and O–H groups in total. The summed E-state index contributed by atoms with van der Waals surface area (Å²) in [6.45, 7) is 1.19. The van der Waals surface area contributed by atoms with E-state index in [1.807, 2.05) is 47.3 Å². The van der Waals surface area contributed by atoms with Crippen molar-refractivity contribution >= 4 is 11.6 Å². The van der Waals surface area contributed by atoms with E-state index in [1.165, 1.54) is 0 Å². The van der Waals surface area contributed by atoms with E-state index in [1.54, 1.807) is 20.4 Å². The van der Waals surface area contributed by atoms with Crippen molar-refractivity contribution in [1.29, 1.82) is 0 Å². The topological polar surface area (TPSA) is 86.7 Å². The molecule has 1 heterocycles. The summed E-state index contributed by atoms with van der Waals surface area (Å²) < 4.78 is 12.5. The van der Waals surface area contributed by atoms with E-state index in [-0.39, 0.29) is 0 Å². The molecule has 0 aliphatic rings. The molecule has 1 aromatic heterocycles. The lowest BCUT2D eigenvalue weighted by Crippen LogP contribution is -2.23. The predicted octanol–water partition coefficient (Wildman–Crippen LogP) is 2.88. The number of aromatic nitrogens is 2. The molecule has 0 unspecified atom stereocenters. The summed E-state index contributed by atoms with van der Waals surface area (Å²) in [6.07, 6.45) is 3.71. The van der Waals surface area contributed by atoms with Crippen molar-refractivity contribution in [2.45, 2.75) is 13.1 Å². The zero-order valence-electron chi connectivity index (χ0n) is 15.4. The monoisotopic (exact) mass is 365 g/mol. The smallest absolute Gasteiger partial charge is 0.193 e. The number of hydrogen-bond donors (Lipinski definition) is 2. The van der Waals surface area contributed by atoms with Gasteiger partial charge in [0, 0.05) is 18.5 Å². The van der Waals surface area contributed by atoms with Gasteiger partial charge < -0.3 is 20.5 Å². The van der Waals surface area contributed by atoms with Crippen molar-refractivity contribution in [1.82, 2.24) is 9.78 Å². The highest BCUT2D eigenvalue weighted by molar-refractivity contribution is 5.94. The van der Waals surface area contributed by atoms with Crippen LogP contribution in [0.4, 0.5) is 5.69 Å². The molecule has 0 amide bonds. The number of nitrogens with zero attached hydrogens (tertiary/aromatic N) is 3. The van der Waals surface area contributed by atoms with Gasteiger partial charge in [-0.15, -0.1) is 0 Å². The van der Waals surface area contributed by atoms with E-state index < -0.39 is 0 Å². The number of guanidine groups is 1. The molecule has 0 bridgehead atoms. The van der Waals surface area contributed by atoms with Crippen LogP contribution >= 0.6 is 0 Å². The van der Waals surface area contributed by atoms with Gasteiger partial charge in [0.15, 0.2) is 5.96 Å². The summed E-state index contributed by atoms with van der Waals surface area (Å²) in [5.41, 5.74) is 8.98. The number of benzene rings is 2. The Bertz CT molecular complexity index is 906. The highest BCUT2D eigenvalue weighted by Gasteiger charge is 2.06. The molecule has 3 rings (SSSR count). The Balaban J connectivity index is 1.67. The predicted molar refractivity (Wildman–Crippen MR) is 106 cm³/mol. The highest BCUT2D eigenvalue weighted by atomic mass is 16.5. The van der Waals surface area contributed by atoms with Gasteiger partial charge in [-0.1, -0.05) is 24.3 Å². The standard InChI is InChI=1S/C20H23N5O2/c1-26-17-7-8-19(27-2)18(12-17)24-20(21)22-13-15-5-3-6-16(11-15)14-25-10-4-9-23-25/h3-12H,13-14H2,1-2H3,(H3,21,22,24). The Labute approximate surface area is 158 Å². The van der Waals surface area contributed by atoms with Gasteiger partial charge in [0.2, 0.25) is 0 Å². The van der Waals surface area contributed by atoms with Crippen LogP contribution in [0.15, 0.2) is 65.9 Å². The van der Waals surface area contributed by atoms with Crippen LogP contribution in [0.5, 0.6) is 11.5 Å². The first-order valence-electron chi connectivity index (χ1n) is 8.52. The van der Waals surface area contributed by atoms with Crippen molar-refractivity contribution in [2.24, 2.45) is 10.7 Å². The van der Waals surface area contributed by atoms with E-state index in [2.05, 4.69) is 27.5 Å². The number of rotatable bonds is 7. The van der Waals surface area contributed by atoms with Gasteiger partial charge in [0.1, 0.15) is 11.5 Å². The maximum Gasteiger partial charge on any atom is 0.193 e. The van der Waals surface area contributed by atoms with Crippen LogP contribution in [-0.2, 0) is 13.1 Å². The maximum atomic E-state index is 6.04. The summed E-state index contributed by atoms with van der Waals surface area (Å²) >= 11 is 0. The van der Waals surface area contributed by atoms with Gasteiger partial charge in [-0.3, -0.25) is 4.68 Å². The minimum Gasteiger partial charge on any atom is -0.497 e. The van der Waals surface area contributed by atoms with Crippen LogP contribution in [0, 0.1) is 0 Å². The second-order valence-corrected chi connectivity index (χ2v) is 5.92. The van der Waals surface area contributed by atoms with Crippen molar-refractivity contribution < 1.29 is 9.47 Å². The lowest BCUT2D eigenvalue weighted by molar-refractivity contribution is 0.405. The SMILES string of the molecule is COc1ccc(OC)c(NC(N)=NCc2cccc(Cn3cccn3)c2)c1. The van der Waals surface area contributed by atoms with Crippen molar-refractivity contribution in [3.63, 3.8) is 0 Å². The third kappa shape index (κ3) is 5.01. The normalized spacial score (nSPS) is 11.3. The van der Waals surface area contributed by atoms with Crippen LogP contribution in [0.25, 0.3) is 0 Å². The fourth-order valence-electron chi connectivity index (χ4n) is 2.67. The number of aliphatic imine (C=N–C) groups is 1. The molecule has 0 radical (unpaired) electrons. The number of methoxy groups -OCH3 is 2. The Hall–Kier alpha value is -3.48. The molecule has 140 valence electrons. The third-order valence-electron chi connectivity index (χ3n) is 4.00. The largest absolute Gasteiger partial charge is 0.497 e. The zero-order valence-corrected chi connectivity index (χ0v) is 15.4. The molecule has 0 atom stereocenters. The number of ether oxygens (including phenoxy) is 2. The Morgan fingerprint density at radius 1 is 1.11 bits per heavy atom. The highest BCUT2D eigenvalue weighted by Crippen LogP contribution is 2.28. The van der Waals surface area contributed by atoms with Gasteiger partial charge in [-0.05, 0) is 29.3 Å². The summed E-state index contributed by atoms with van der Waals surface area (Å²) in [5.74, 6) is 1.67.